The predicted molar refractivity (Wildman–Crippen MR) is 104 cm³/mol. The lowest BCUT2D eigenvalue weighted by Gasteiger charge is -2.14. The highest BCUT2D eigenvalue weighted by molar-refractivity contribution is 8.00. The van der Waals surface area contributed by atoms with Crippen molar-refractivity contribution >= 4 is 17.7 Å². The van der Waals surface area contributed by atoms with Gasteiger partial charge in [-0.2, -0.15) is 0 Å². The van der Waals surface area contributed by atoms with Gasteiger partial charge in [-0.05, 0) is 55.5 Å². The zero-order chi connectivity index (χ0) is 17.5. The molecule has 3 heteroatoms. The van der Waals surface area contributed by atoms with E-state index < -0.39 is 0 Å². The van der Waals surface area contributed by atoms with E-state index in [1.807, 2.05) is 6.92 Å². The van der Waals surface area contributed by atoms with Crippen molar-refractivity contribution in [2.24, 2.45) is 0 Å². The Balaban J connectivity index is 1.95. The molecule has 0 aliphatic heterocycles. The van der Waals surface area contributed by atoms with E-state index in [0.717, 1.165) is 17.7 Å². The van der Waals surface area contributed by atoms with Gasteiger partial charge in [0.25, 0.3) is 0 Å². The molecule has 2 nitrogen and oxygen atoms in total. The molecule has 0 aliphatic rings. The van der Waals surface area contributed by atoms with E-state index in [-0.39, 0.29) is 11.2 Å². The summed E-state index contributed by atoms with van der Waals surface area (Å²) in [5.74, 6) is 0.0875. The Morgan fingerprint density at radius 2 is 1.75 bits per heavy atom. The first-order chi connectivity index (χ1) is 11.5. The molecule has 0 saturated carbocycles. The number of amides is 1. The summed E-state index contributed by atoms with van der Waals surface area (Å²) >= 11 is 1.60. The smallest absolute Gasteiger partial charge is 0.233 e. The minimum atomic E-state index is -0.104. The fraction of sp³-hybridized carbons (Fsp3) is 0.381. The number of thioether (sulfide) groups is 1. The molecular weight excluding hydrogens is 314 g/mol. The molecule has 0 fully saturated rings. The molecule has 2 rings (SSSR count). The number of hydrogen-bond donors (Lipinski definition) is 1. The molecule has 0 bridgehead atoms. The Hall–Kier alpha value is -1.74. The molecule has 0 radical (unpaired) electrons. The number of aryl methyl sites for hydroxylation is 3. The molecule has 0 saturated heterocycles. The molecule has 2 aromatic carbocycles. The summed E-state index contributed by atoms with van der Waals surface area (Å²) in [4.78, 5) is 13.5. The van der Waals surface area contributed by atoms with Crippen LogP contribution in [0, 0.1) is 6.92 Å². The van der Waals surface area contributed by atoms with Crippen molar-refractivity contribution in [1.29, 1.82) is 0 Å². The second-order valence-electron chi connectivity index (χ2n) is 6.10. The average Bonchev–Trinajstić information content (AvgIpc) is 2.61. The van der Waals surface area contributed by atoms with Crippen LogP contribution in [0.1, 0.15) is 43.0 Å². The maximum Gasteiger partial charge on any atom is 0.233 e. The van der Waals surface area contributed by atoms with Crippen molar-refractivity contribution in [1.82, 2.24) is 5.32 Å². The first-order valence-corrected chi connectivity index (χ1v) is 9.53. The second-order valence-corrected chi connectivity index (χ2v) is 7.52. The summed E-state index contributed by atoms with van der Waals surface area (Å²) in [6.07, 6.45) is 2.01. The van der Waals surface area contributed by atoms with Crippen LogP contribution in [0.2, 0.25) is 0 Å². The van der Waals surface area contributed by atoms with Gasteiger partial charge in [0.2, 0.25) is 5.91 Å². The Kier molecular flexibility index (Phi) is 6.92. The molecule has 0 aliphatic carbocycles. The van der Waals surface area contributed by atoms with E-state index in [1.54, 1.807) is 11.8 Å². The Labute approximate surface area is 150 Å². The van der Waals surface area contributed by atoms with Crippen LogP contribution >= 0.6 is 11.8 Å². The number of carbonyl (C=O) groups excluding carboxylic acids is 1. The third-order valence-electron chi connectivity index (χ3n) is 4.22. The molecular formula is C21H27NOS. The van der Waals surface area contributed by atoms with Gasteiger partial charge >= 0.3 is 0 Å². The molecule has 1 atom stereocenters. The lowest BCUT2D eigenvalue weighted by Crippen LogP contribution is -2.30. The van der Waals surface area contributed by atoms with Gasteiger partial charge in [0.1, 0.15) is 0 Å². The van der Waals surface area contributed by atoms with E-state index in [4.69, 9.17) is 0 Å². The zero-order valence-corrected chi connectivity index (χ0v) is 15.9. The van der Waals surface area contributed by atoms with Gasteiger partial charge in [-0.3, -0.25) is 4.79 Å². The highest BCUT2D eigenvalue weighted by atomic mass is 32.2. The van der Waals surface area contributed by atoms with Crippen LogP contribution in [0.3, 0.4) is 0 Å². The first kappa shape index (κ1) is 18.6. The molecule has 0 heterocycles. The van der Waals surface area contributed by atoms with E-state index in [2.05, 4.69) is 68.6 Å². The largest absolute Gasteiger partial charge is 0.351 e. The number of benzene rings is 2. The number of carbonyl (C=O) groups is 1. The molecule has 128 valence electrons. The standard InChI is InChI=1S/C21H27NOS/c1-5-17-9-10-18(6-2)19(13-17)14-22-21(23)16(4)24-20-11-7-15(3)8-12-20/h7-13,16H,5-6,14H2,1-4H3,(H,22,23)/t16-/m1/s1. The minimum Gasteiger partial charge on any atom is -0.351 e. The van der Waals surface area contributed by atoms with E-state index in [9.17, 15) is 4.79 Å². The van der Waals surface area contributed by atoms with E-state index in [0.29, 0.717) is 6.54 Å². The maximum atomic E-state index is 12.4. The number of nitrogens with one attached hydrogen (secondary N) is 1. The maximum absolute atomic E-state index is 12.4. The summed E-state index contributed by atoms with van der Waals surface area (Å²) in [5.41, 5.74) is 5.10. The van der Waals surface area contributed by atoms with Crippen molar-refractivity contribution in [2.45, 2.75) is 57.2 Å². The van der Waals surface area contributed by atoms with Gasteiger partial charge < -0.3 is 5.32 Å². The monoisotopic (exact) mass is 341 g/mol. The third kappa shape index (κ3) is 5.13. The van der Waals surface area contributed by atoms with Gasteiger partial charge in [-0.25, -0.2) is 0 Å². The quantitative estimate of drug-likeness (QED) is 0.725. The zero-order valence-electron chi connectivity index (χ0n) is 15.1. The van der Waals surface area contributed by atoms with Gasteiger partial charge in [0.15, 0.2) is 0 Å². The Morgan fingerprint density at radius 1 is 1.04 bits per heavy atom. The number of hydrogen-bond acceptors (Lipinski definition) is 2. The van der Waals surface area contributed by atoms with Crippen molar-refractivity contribution in [3.8, 4) is 0 Å². The van der Waals surface area contributed by atoms with Gasteiger partial charge in [-0.15, -0.1) is 11.8 Å². The molecule has 1 N–H and O–H groups in total. The first-order valence-electron chi connectivity index (χ1n) is 8.65. The molecule has 0 spiro atoms. The summed E-state index contributed by atoms with van der Waals surface area (Å²) in [6, 6.07) is 14.9. The van der Waals surface area contributed by atoms with Crippen molar-refractivity contribution in [2.75, 3.05) is 0 Å². The molecule has 0 unspecified atom stereocenters. The third-order valence-corrected chi connectivity index (χ3v) is 5.33. The highest BCUT2D eigenvalue weighted by Gasteiger charge is 2.14. The highest BCUT2D eigenvalue weighted by Crippen LogP contribution is 2.23. The van der Waals surface area contributed by atoms with E-state index >= 15 is 0 Å². The lowest BCUT2D eigenvalue weighted by atomic mass is 10.0. The van der Waals surface area contributed by atoms with Crippen LogP contribution in [0.4, 0.5) is 0 Å². The fourth-order valence-corrected chi connectivity index (χ4v) is 3.50. The van der Waals surface area contributed by atoms with Crippen LogP contribution in [0.5, 0.6) is 0 Å². The van der Waals surface area contributed by atoms with Crippen LogP contribution in [0.15, 0.2) is 47.4 Å². The summed E-state index contributed by atoms with van der Waals surface area (Å²) in [5, 5.41) is 2.99. The molecule has 2 aromatic rings. The SMILES string of the molecule is CCc1ccc(CC)c(CNC(=O)[C@@H](C)Sc2ccc(C)cc2)c1. The van der Waals surface area contributed by atoms with Crippen molar-refractivity contribution in [3.05, 3.63) is 64.7 Å². The predicted octanol–water partition coefficient (Wildman–Crippen LogP) is 4.92. The van der Waals surface area contributed by atoms with Crippen molar-refractivity contribution < 1.29 is 4.79 Å². The van der Waals surface area contributed by atoms with Crippen LogP contribution in [-0.4, -0.2) is 11.2 Å². The fourth-order valence-electron chi connectivity index (χ4n) is 2.61. The number of rotatable bonds is 7. The van der Waals surface area contributed by atoms with Crippen LogP contribution in [0.25, 0.3) is 0 Å². The van der Waals surface area contributed by atoms with Crippen LogP contribution in [-0.2, 0) is 24.2 Å². The van der Waals surface area contributed by atoms with Crippen LogP contribution < -0.4 is 5.32 Å². The van der Waals surface area contributed by atoms with Gasteiger partial charge in [0.05, 0.1) is 5.25 Å². The normalized spacial score (nSPS) is 12.0. The average molecular weight is 342 g/mol. The summed E-state index contributed by atoms with van der Waals surface area (Å²) in [7, 11) is 0. The van der Waals surface area contributed by atoms with E-state index in [1.165, 1.54) is 22.3 Å². The Bertz CT molecular complexity index is 679. The minimum absolute atomic E-state index is 0.0875. The molecule has 1 amide bonds. The molecule has 24 heavy (non-hydrogen) atoms. The second kappa shape index (κ2) is 8.93. The van der Waals surface area contributed by atoms with Gasteiger partial charge in [-0.1, -0.05) is 49.7 Å². The summed E-state index contributed by atoms with van der Waals surface area (Å²) in [6.45, 7) is 8.95. The Morgan fingerprint density at radius 3 is 2.38 bits per heavy atom. The van der Waals surface area contributed by atoms with Gasteiger partial charge in [0, 0.05) is 11.4 Å². The topological polar surface area (TPSA) is 29.1 Å². The molecule has 0 aromatic heterocycles. The van der Waals surface area contributed by atoms with Crippen molar-refractivity contribution in [3.63, 3.8) is 0 Å². The summed E-state index contributed by atoms with van der Waals surface area (Å²) < 4.78 is 0. The lowest BCUT2D eigenvalue weighted by molar-refractivity contribution is -0.120.